The lowest BCUT2D eigenvalue weighted by molar-refractivity contribution is 0.277. The molecular formula is C23H25FN6O. The van der Waals surface area contributed by atoms with Crippen molar-refractivity contribution >= 4 is 33.3 Å². The third-order valence-corrected chi connectivity index (χ3v) is 6.19. The third-order valence-electron chi connectivity index (χ3n) is 6.19. The number of rotatable bonds is 5. The molecule has 1 fully saturated rings. The molecule has 1 unspecified atom stereocenters. The number of likely N-dealkylation sites (tertiary alicyclic amines) is 1. The maximum absolute atomic E-state index is 14.4. The number of nitrogens with two attached hydrogens (primary N) is 1. The molecular weight excluding hydrogens is 395 g/mol. The molecule has 1 aliphatic heterocycles. The van der Waals surface area contributed by atoms with E-state index in [4.69, 9.17) is 5.73 Å². The Labute approximate surface area is 178 Å². The van der Waals surface area contributed by atoms with Crippen LogP contribution < -0.4 is 16.6 Å². The minimum atomic E-state index is -0.483. The molecule has 0 aliphatic carbocycles. The number of fused-ring (bicyclic) bond motifs is 2. The van der Waals surface area contributed by atoms with Gasteiger partial charge < -0.3 is 21.0 Å². The van der Waals surface area contributed by atoms with Gasteiger partial charge in [-0.25, -0.2) is 9.37 Å². The highest BCUT2D eigenvalue weighted by molar-refractivity contribution is 5.98. The molecule has 1 saturated heterocycles. The van der Waals surface area contributed by atoms with Gasteiger partial charge in [-0.05, 0) is 56.3 Å². The fourth-order valence-corrected chi connectivity index (χ4v) is 4.58. The molecule has 1 aliphatic rings. The zero-order valence-electron chi connectivity index (χ0n) is 17.3. The number of nitrogens with zero attached hydrogens (tertiary/aromatic N) is 2. The first-order valence-electron chi connectivity index (χ1n) is 10.6. The first-order chi connectivity index (χ1) is 15.0. The predicted molar refractivity (Wildman–Crippen MR) is 123 cm³/mol. The second kappa shape index (κ2) is 7.70. The van der Waals surface area contributed by atoms with Gasteiger partial charge in [0.1, 0.15) is 17.2 Å². The molecule has 0 radical (unpaired) electrons. The van der Waals surface area contributed by atoms with Crippen LogP contribution in [0.3, 0.4) is 0 Å². The summed E-state index contributed by atoms with van der Waals surface area (Å²) in [6.45, 7) is 5.30. The van der Waals surface area contributed by atoms with Crippen LogP contribution in [0.1, 0.15) is 19.8 Å². The number of aromatic nitrogens is 3. The van der Waals surface area contributed by atoms with Gasteiger partial charge in [0.25, 0.3) is 5.56 Å². The van der Waals surface area contributed by atoms with Crippen molar-refractivity contribution < 1.29 is 4.39 Å². The second-order valence-corrected chi connectivity index (χ2v) is 8.03. The number of imidazole rings is 1. The van der Waals surface area contributed by atoms with Crippen molar-refractivity contribution in [1.82, 2.24) is 19.9 Å². The number of halogens is 1. The summed E-state index contributed by atoms with van der Waals surface area (Å²) in [5.74, 6) is -0.160. The summed E-state index contributed by atoms with van der Waals surface area (Å²) in [7, 11) is 0. The molecule has 5 rings (SSSR count). The summed E-state index contributed by atoms with van der Waals surface area (Å²) in [6, 6.07) is 10.9. The van der Waals surface area contributed by atoms with E-state index < -0.39 is 11.4 Å². The van der Waals surface area contributed by atoms with E-state index in [-0.39, 0.29) is 16.6 Å². The Morgan fingerprint density at radius 2 is 2.13 bits per heavy atom. The highest BCUT2D eigenvalue weighted by Crippen LogP contribution is 2.30. The number of nitrogens with one attached hydrogen (secondary N) is 3. The van der Waals surface area contributed by atoms with Crippen LogP contribution in [0.25, 0.3) is 33.3 Å². The number of hydrogen-bond donors (Lipinski definition) is 4. The summed E-state index contributed by atoms with van der Waals surface area (Å²) < 4.78 is 14.4. The average molecular weight is 420 g/mol. The topological polar surface area (TPSA) is 103 Å². The maximum Gasteiger partial charge on any atom is 0.261 e. The molecule has 2 aromatic heterocycles. The van der Waals surface area contributed by atoms with Crippen molar-refractivity contribution in [2.45, 2.75) is 25.8 Å². The minimum absolute atomic E-state index is 0.0788. The summed E-state index contributed by atoms with van der Waals surface area (Å²) in [4.78, 5) is 25.6. The average Bonchev–Trinajstić information content (AvgIpc) is 3.37. The van der Waals surface area contributed by atoms with Crippen LogP contribution in [0.15, 0.2) is 41.2 Å². The van der Waals surface area contributed by atoms with Crippen LogP contribution in [-0.4, -0.2) is 45.5 Å². The van der Waals surface area contributed by atoms with E-state index in [1.54, 1.807) is 6.07 Å². The van der Waals surface area contributed by atoms with E-state index in [1.165, 1.54) is 25.0 Å². The molecule has 0 bridgehead atoms. The summed E-state index contributed by atoms with van der Waals surface area (Å²) in [5.41, 5.74) is 8.86. The van der Waals surface area contributed by atoms with Crippen LogP contribution in [0, 0.1) is 5.82 Å². The summed E-state index contributed by atoms with van der Waals surface area (Å²) >= 11 is 0. The van der Waals surface area contributed by atoms with Crippen LogP contribution in [0.5, 0.6) is 0 Å². The van der Waals surface area contributed by atoms with Crippen molar-refractivity contribution in [2.24, 2.45) is 0 Å². The van der Waals surface area contributed by atoms with E-state index in [0.717, 1.165) is 30.8 Å². The molecule has 31 heavy (non-hydrogen) atoms. The van der Waals surface area contributed by atoms with Gasteiger partial charge in [-0.3, -0.25) is 9.69 Å². The quantitative estimate of drug-likeness (QED) is 0.394. The number of aromatic amines is 2. The Balaban J connectivity index is 1.48. The van der Waals surface area contributed by atoms with E-state index in [2.05, 4.69) is 32.1 Å². The lowest BCUT2D eigenvalue weighted by atomic mass is 10.1. The first-order valence-corrected chi connectivity index (χ1v) is 10.6. The predicted octanol–water partition coefficient (Wildman–Crippen LogP) is 3.69. The molecule has 8 heteroatoms. The Morgan fingerprint density at radius 1 is 1.26 bits per heavy atom. The third kappa shape index (κ3) is 3.42. The van der Waals surface area contributed by atoms with Crippen molar-refractivity contribution in [2.75, 3.05) is 30.7 Å². The Kier molecular flexibility index (Phi) is 4.86. The van der Waals surface area contributed by atoms with Crippen LogP contribution in [0.2, 0.25) is 0 Å². The molecule has 3 heterocycles. The zero-order valence-corrected chi connectivity index (χ0v) is 17.3. The normalized spacial score (nSPS) is 17.0. The van der Waals surface area contributed by atoms with Gasteiger partial charge in [-0.2, -0.15) is 0 Å². The number of likely N-dealkylation sites (N-methyl/N-ethyl adjacent to an activating group) is 1. The highest BCUT2D eigenvalue weighted by atomic mass is 19.1. The lowest BCUT2D eigenvalue weighted by Crippen LogP contribution is -2.34. The number of nitrogen functional groups attached to an aromatic ring is 1. The van der Waals surface area contributed by atoms with E-state index in [1.807, 2.05) is 18.2 Å². The van der Waals surface area contributed by atoms with Gasteiger partial charge >= 0.3 is 0 Å². The number of pyridine rings is 1. The smallest absolute Gasteiger partial charge is 0.261 e. The second-order valence-electron chi connectivity index (χ2n) is 8.03. The lowest BCUT2D eigenvalue weighted by Gasteiger charge is -2.23. The van der Waals surface area contributed by atoms with Crippen LogP contribution in [0.4, 0.5) is 15.8 Å². The molecule has 0 amide bonds. The fourth-order valence-electron chi connectivity index (χ4n) is 4.58. The number of anilines is 2. The van der Waals surface area contributed by atoms with Crippen molar-refractivity contribution in [3.63, 3.8) is 0 Å². The van der Waals surface area contributed by atoms with Crippen LogP contribution in [-0.2, 0) is 0 Å². The van der Waals surface area contributed by atoms with E-state index in [0.29, 0.717) is 22.9 Å². The maximum atomic E-state index is 14.4. The molecule has 4 aromatic rings. The SMILES string of the molecule is CCN1CCCC1CNc1ccc2[nH]c(-c3c(N)c4c(F)cccc4[nH]c3=O)nc2c1. The van der Waals surface area contributed by atoms with Gasteiger partial charge in [0.05, 0.1) is 27.6 Å². The molecule has 0 saturated carbocycles. The first kappa shape index (κ1) is 19.6. The fraction of sp³-hybridized carbons (Fsp3) is 0.304. The Bertz CT molecular complexity index is 1330. The van der Waals surface area contributed by atoms with E-state index in [9.17, 15) is 9.18 Å². The summed E-state index contributed by atoms with van der Waals surface area (Å²) in [5, 5.41) is 3.70. The van der Waals surface area contributed by atoms with Crippen molar-refractivity contribution in [3.05, 3.63) is 52.6 Å². The standard InChI is InChI=1S/C23H25FN6O/c1-2-30-10-4-5-14(30)12-26-13-8-9-16-18(11-13)28-22(27-16)20-21(25)19-15(24)6-3-7-17(19)29-23(20)31/h3,6-9,11,14,26H,2,4-5,10,12H2,1H3,(H,27,28)(H3,25,29,31). The highest BCUT2D eigenvalue weighted by Gasteiger charge is 2.22. The number of hydrogen-bond acceptors (Lipinski definition) is 5. The van der Waals surface area contributed by atoms with Gasteiger partial charge in [0, 0.05) is 18.3 Å². The van der Waals surface area contributed by atoms with Gasteiger partial charge in [-0.15, -0.1) is 0 Å². The van der Waals surface area contributed by atoms with Crippen molar-refractivity contribution in [3.8, 4) is 11.4 Å². The van der Waals surface area contributed by atoms with Crippen LogP contribution >= 0.6 is 0 Å². The molecule has 0 spiro atoms. The Morgan fingerprint density at radius 3 is 2.97 bits per heavy atom. The largest absolute Gasteiger partial charge is 0.397 e. The van der Waals surface area contributed by atoms with E-state index >= 15 is 0 Å². The number of benzene rings is 2. The monoisotopic (exact) mass is 420 g/mol. The molecule has 1 atom stereocenters. The Hall–Kier alpha value is -3.39. The molecule has 5 N–H and O–H groups in total. The molecule has 160 valence electrons. The zero-order chi connectivity index (χ0) is 21.5. The van der Waals surface area contributed by atoms with Gasteiger partial charge in [0.15, 0.2) is 0 Å². The van der Waals surface area contributed by atoms with Crippen molar-refractivity contribution in [1.29, 1.82) is 0 Å². The summed E-state index contributed by atoms with van der Waals surface area (Å²) in [6.07, 6.45) is 2.44. The molecule has 2 aromatic carbocycles. The molecule has 7 nitrogen and oxygen atoms in total. The minimum Gasteiger partial charge on any atom is -0.397 e. The van der Waals surface area contributed by atoms with Gasteiger partial charge in [0.2, 0.25) is 0 Å². The van der Waals surface area contributed by atoms with Gasteiger partial charge in [-0.1, -0.05) is 13.0 Å². The number of H-pyrrole nitrogens is 2.